The third-order valence-electron chi connectivity index (χ3n) is 6.04. The second-order valence-electron chi connectivity index (χ2n) is 8.12. The van der Waals surface area contributed by atoms with E-state index in [2.05, 4.69) is 4.98 Å². The number of halogens is 3. The summed E-state index contributed by atoms with van der Waals surface area (Å²) in [5, 5.41) is 23.8. The SMILES string of the molecule is O[C@@H](CCOc1ccc(C(F)(F)F)cc1)N1CCC(O)(c2cncc3ccccc23)CC1. The summed E-state index contributed by atoms with van der Waals surface area (Å²) in [5.41, 5.74) is -0.941. The summed E-state index contributed by atoms with van der Waals surface area (Å²) in [7, 11) is 0. The van der Waals surface area contributed by atoms with Gasteiger partial charge < -0.3 is 14.9 Å². The van der Waals surface area contributed by atoms with Crippen molar-refractivity contribution >= 4 is 10.8 Å². The van der Waals surface area contributed by atoms with Crippen LogP contribution in [-0.2, 0) is 11.8 Å². The Hall–Kier alpha value is -2.68. The topological polar surface area (TPSA) is 65.8 Å². The number of ether oxygens (including phenoxy) is 1. The molecule has 170 valence electrons. The summed E-state index contributed by atoms with van der Waals surface area (Å²) in [6.45, 7) is 1.17. The van der Waals surface area contributed by atoms with Crippen molar-refractivity contribution in [1.29, 1.82) is 0 Å². The summed E-state index contributed by atoms with van der Waals surface area (Å²) >= 11 is 0. The Balaban J connectivity index is 1.30. The maximum Gasteiger partial charge on any atom is 0.416 e. The Bertz CT molecular complexity index is 1040. The molecule has 1 aliphatic rings. The average Bonchev–Trinajstić information content (AvgIpc) is 2.79. The van der Waals surface area contributed by atoms with Gasteiger partial charge in [0.05, 0.1) is 17.8 Å². The van der Waals surface area contributed by atoms with Gasteiger partial charge in [-0.15, -0.1) is 0 Å². The van der Waals surface area contributed by atoms with Crippen molar-refractivity contribution < 1.29 is 28.1 Å². The molecule has 2 heterocycles. The van der Waals surface area contributed by atoms with E-state index in [1.807, 2.05) is 29.2 Å². The summed E-state index contributed by atoms with van der Waals surface area (Å²) in [6, 6.07) is 12.3. The van der Waals surface area contributed by atoms with Crippen LogP contribution in [0.25, 0.3) is 10.8 Å². The molecule has 4 rings (SSSR count). The Kier molecular flexibility index (Phi) is 6.37. The zero-order chi connectivity index (χ0) is 22.8. The van der Waals surface area contributed by atoms with Gasteiger partial charge in [0.1, 0.15) is 12.0 Å². The second kappa shape index (κ2) is 9.05. The normalized spacial score (nSPS) is 17.9. The first-order valence-corrected chi connectivity index (χ1v) is 10.5. The van der Waals surface area contributed by atoms with E-state index in [9.17, 15) is 23.4 Å². The molecule has 0 bridgehead atoms. The van der Waals surface area contributed by atoms with Crippen LogP contribution in [0.2, 0.25) is 0 Å². The fraction of sp³-hybridized carbons (Fsp3) is 0.375. The standard InChI is InChI=1S/C24H25F3N2O3/c25-24(26,27)18-5-7-19(8-6-18)32-14-9-22(30)29-12-10-23(31,11-13-29)21-16-28-15-17-3-1-2-4-20(17)21/h1-8,15-16,22,30-31H,9-14H2/t22-/m0/s1. The van der Waals surface area contributed by atoms with Gasteiger partial charge in [0.25, 0.3) is 0 Å². The van der Waals surface area contributed by atoms with Crippen LogP contribution < -0.4 is 4.74 Å². The zero-order valence-electron chi connectivity index (χ0n) is 17.4. The van der Waals surface area contributed by atoms with Crippen LogP contribution in [0.4, 0.5) is 13.2 Å². The van der Waals surface area contributed by atoms with Gasteiger partial charge in [0.2, 0.25) is 0 Å². The van der Waals surface area contributed by atoms with E-state index in [0.29, 0.717) is 38.1 Å². The first-order chi connectivity index (χ1) is 15.3. The first kappa shape index (κ1) is 22.5. The number of nitrogens with zero attached hydrogens (tertiary/aromatic N) is 2. The zero-order valence-corrected chi connectivity index (χ0v) is 17.4. The number of aliphatic hydroxyl groups is 2. The lowest BCUT2D eigenvalue weighted by Gasteiger charge is -2.40. The van der Waals surface area contributed by atoms with E-state index < -0.39 is 23.6 Å². The number of likely N-dealkylation sites (tertiary alicyclic amines) is 1. The highest BCUT2D eigenvalue weighted by Crippen LogP contribution is 2.37. The Morgan fingerprint density at radius 1 is 1.03 bits per heavy atom. The van der Waals surface area contributed by atoms with E-state index in [1.54, 1.807) is 12.4 Å². The Morgan fingerprint density at radius 2 is 1.72 bits per heavy atom. The minimum atomic E-state index is -4.38. The van der Waals surface area contributed by atoms with Gasteiger partial charge in [-0.2, -0.15) is 13.2 Å². The fourth-order valence-corrected chi connectivity index (χ4v) is 4.15. The number of aliphatic hydroxyl groups excluding tert-OH is 1. The maximum absolute atomic E-state index is 12.6. The highest BCUT2D eigenvalue weighted by atomic mass is 19.4. The third kappa shape index (κ3) is 4.87. The van der Waals surface area contributed by atoms with Crippen LogP contribution >= 0.6 is 0 Å². The monoisotopic (exact) mass is 446 g/mol. The third-order valence-corrected chi connectivity index (χ3v) is 6.04. The molecule has 1 atom stereocenters. The minimum absolute atomic E-state index is 0.167. The van der Waals surface area contributed by atoms with Crippen molar-refractivity contribution in [3.8, 4) is 5.75 Å². The minimum Gasteiger partial charge on any atom is -0.493 e. The van der Waals surface area contributed by atoms with E-state index in [1.165, 1.54) is 12.1 Å². The number of aromatic nitrogens is 1. The van der Waals surface area contributed by atoms with E-state index in [-0.39, 0.29) is 6.61 Å². The molecular weight excluding hydrogens is 421 g/mol. The quantitative estimate of drug-likeness (QED) is 0.590. The van der Waals surface area contributed by atoms with Crippen molar-refractivity contribution in [3.63, 3.8) is 0 Å². The second-order valence-corrected chi connectivity index (χ2v) is 8.12. The predicted octanol–water partition coefficient (Wildman–Crippen LogP) is 4.32. The van der Waals surface area contributed by atoms with Crippen molar-refractivity contribution in [1.82, 2.24) is 9.88 Å². The van der Waals surface area contributed by atoms with Gasteiger partial charge in [-0.1, -0.05) is 24.3 Å². The number of hydrogen-bond acceptors (Lipinski definition) is 5. The molecule has 1 aliphatic heterocycles. The van der Waals surface area contributed by atoms with Crippen LogP contribution in [0, 0.1) is 0 Å². The molecule has 0 amide bonds. The number of rotatable bonds is 6. The summed E-state index contributed by atoms with van der Waals surface area (Å²) in [6.07, 6.45) is -0.439. The number of piperidine rings is 1. The molecule has 1 saturated heterocycles. The van der Waals surface area contributed by atoms with Gasteiger partial charge in [0.15, 0.2) is 0 Å². The Labute approximate surface area is 184 Å². The van der Waals surface area contributed by atoms with Crippen molar-refractivity contribution in [2.24, 2.45) is 0 Å². The maximum atomic E-state index is 12.6. The van der Waals surface area contributed by atoms with Gasteiger partial charge in [-0.05, 0) is 42.5 Å². The molecule has 0 radical (unpaired) electrons. The molecule has 2 N–H and O–H groups in total. The highest BCUT2D eigenvalue weighted by molar-refractivity contribution is 5.85. The molecule has 0 unspecified atom stereocenters. The largest absolute Gasteiger partial charge is 0.493 e. The summed E-state index contributed by atoms with van der Waals surface area (Å²) in [5.74, 6) is 0.321. The predicted molar refractivity (Wildman–Crippen MR) is 114 cm³/mol. The van der Waals surface area contributed by atoms with Crippen LogP contribution in [0.3, 0.4) is 0 Å². The first-order valence-electron chi connectivity index (χ1n) is 10.5. The fourth-order valence-electron chi connectivity index (χ4n) is 4.15. The number of pyridine rings is 1. The van der Waals surface area contributed by atoms with E-state index in [0.717, 1.165) is 28.5 Å². The molecule has 0 saturated carbocycles. The molecule has 5 nitrogen and oxygen atoms in total. The molecule has 3 aromatic rings. The molecular formula is C24H25F3N2O3. The van der Waals surface area contributed by atoms with Gasteiger partial charge in [0, 0.05) is 42.9 Å². The van der Waals surface area contributed by atoms with Crippen molar-refractivity contribution in [3.05, 3.63) is 72.1 Å². The van der Waals surface area contributed by atoms with Crippen molar-refractivity contribution in [2.75, 3.05) is 19.7 Å². The van der Waals surface area contributed by atoms with Gasteiger partial charge >= 0.3 is 6.18 Å². The molecule has 8 heteroatoms. The molecule has 0 aliphatic carbocycles. The smallest absolute Gasteiger partial charge is 0.416 e. The number of benzene rings is 2. The van der Waals surface area contributed by atoms with Crippen LogP contribution in [0.15, 0.2) is 60.9 Å². The molecule has 1 fully saturated rings. The summed E-state index contributed by atoms with van der Waals surface area (Å²) in [4.78, 5) is 6.15. The van der Waals surface area contributed by atoms with Gasteiger partial charge in [-0.25, -0.2) is 0 Å². The lowest BCUT2D eigenvalue weighted by molar-refractivity contribution is -0.137. The van der Waals surface area contributed by atoms with Crippen LogP contribution in [0.5, 0.6) is 5.75 Å². The van der Waals surface area contributed by atoms with E-state index in [4.69, 9.17) is 4.74 Å². The van der Waals surface area contributed by atoms with Crippen LogP contribution in [-0.4, -0.2) is 46.0 Å². The number of hydrogen-bond donors (Lipinski definition) is 2. The molecule has 1 aromatic heterocycles. The molecule has 32 heavy (non-hydrogen) atoms. The van der Waals surface area contributed by atoms with Gasteiger partial charge in [-0.3, -0.25) is 9.88 Å². The molecule has 0 spiro atoms. The van der Waals surface area contributed by atoms with Crippen molar-refractivity contribution in [2.45, 2.75) is 37.3 Å². The number of alkyl halides is 3. The van der Waals surface area contributed by atoms with E-state index >= 15 is 0 Å². The lowest BCUT2D eigenvalue weighted by atomic mass is 9.83. The summed E-state index contributed by atoms with van der Waals surface area (Å²) < 4.78 is 43.3. The highest BCUT2D eigenvalue weighted by Gasteiger charge is 2.37. The Morgan fingerprint density at radius 3 is 2.41 bits per heavy atom. The number of fused-ring (bicyclic) bond motifs is 1. The lowest BCUT2D eigenvalue weighted by Crippen LogP contribution is -2.47. The average molecular weight is 446 g/mol. The molecule has 2 aromatic carbocycles. The van der Waals surface area contributed by atoms with Crippen LogP contribution in [0.1, 0.15) is 30.4 Å².